The summed E-state index contributed by atoms with van der Waals surface area (Å²) in [6.07, 6.45) is 4.97. The molecule has 3 heterocycles. The van der Waals surface area contributed by atoms with Gasteiger partial charge in [0.1, 0.15) is 0 Å². The summed E-state index contributed by atoms with van der Waals surface area (Å²) in [4.78, 5) is 6.40. The first-order valence-corrected chi connectivity index (χ1v) is 8.43. The first kappa shape index (κ1) is 13.4. The van der Waals surface area contributed by atoms with Crippen LogP contribution in [0.2, 0.25) is 0 Å². The van der Waals surface area contributed by atoms with Crippen LogP contribution < -0.4 is 5.32 Å². The predicted octanol–water partition coefficient (Wildman–Crippen LogP) is 3.23. The number of para-hydroxylation sites is 1. The van der Waals surface area contributed by atoms with Crippen LogP contribution in [0.15, 0.2) is 24.3 Å². The number of nitrogens with one attached hydrogen (secondary N) is 2. The van der Waals surface area contributed by atoms with Gasteiger partial charge in [0.15, 0.2) is 0 Å². The first-order chi connectivity index (χ1) is 10.4. The summed E-state index contributed by atoms with van der Waals surface area (Å²) in [5.41, 5.74) is 4.38. The second kappa shape index (κ2) is 5.47. The summed E-state index contributed by atoms with van der Waals surface area (Å²) in [6.45, 7) is 5.86. The van der Waals surface area contributed by atoms with Crippen molar-refractivity contribution in [3.8, 4) is 0 Å². The molecule has 1 saturated heterocycles. The van der Waals surface area contributed by atoms with Gasteiger partial charge in [0.2, 0.25) is 0 Å². The van der Waals surface area contributed by atoms with Gasteiger partial charge in [-0.15, -0.1) is 0 Å². The lowest BCUT2D eigenvalue weighted by Gasteiger charge is -2.42. The fraction of sp³-hybridized carbons (Fsp3) is 0.556. The van der Waals surface area contributed by atoms with Crippen LogP contribution in [0.4, 0.5) is 0 Å². The van der Waals surface area contributed by atoms with E-state index < -0.39 is 0 Å². The van der Waals surface area contributed by atoms with Gasteiger partial charge in [-0.25, -0.2) is 0 Å². The van der Waals surface area contributed by atoms with Crippen molar-refractivity contribution >= 4 is 10.9 Å². The number of aromatic nitrogens is 1. The van der Waals surface area contributed by atoms with Gasteiger partial charge in [-0.1, -0.05) is 25.1 Å². The highest BCUT2D eigenvalue weighted by Crippen LogP contribution is 2.39. The van der Waals surface area contributed by atoms with Crippen LogP contribution in [0.25, 0.3) is 10.9 Å². The Morgan fingerprint density at radius 1 is 1.29 bits per heavy atom. The number of nitrogens with zero attached hydrogens (tertiary/aromatic N) is 1. The number of H-pyrrole nitrogens is 1. The Balaban J connectivity index is 1.65. The highest BCUT2D eigenvalue weighted by atomic mass is 15.2. The van der Waals surface area contributed by atoms with Gasteiger partial charge in [0.05, 0.1) is 6.04 Å². The van der Waals surface area contributed by atoms with E-state index in [4.69, 9.17) is 0 Å². The Hall–Kier alpha value is -1.32. The average Bonchev–Trinajstić information content (AvgIpc) is 2.92. The third-order valence-corrected chi connectivity index (χ3v) is 5.23. The van der Waals surface area contributed by atoms with Gasteiger partial charge in [-0.05, 0) is 43.9 Å². The Morgan fingerprint density at radius 2 is 2.19 bits per heavy atom. The summed E-state index contributed by atoms with van der Waals surface area (Å²) in [7, 11) is 0. The molecule has 0 saturated carbocycles. The molecule has 2 aliphatic rings. The van der Waals surface area contributed by atoms with E-state index in [0.29, 0.717) is 12.1 Å². The van der Waals surface area contributed by atoms with Gasteiger partial charge in [-0.2, -0.15) is 0 Å². The summed E-state index contributed by atoms with van der Waals surface area (Å²) < 4.78 is 0. The number of rotatable bonds is 3. The van der Waals surface area contributed by atoms with E-state index in [1.165, 1.54) is 55.4 Å². The lowest BCUT2D eigenvalue weighted by atomic mass is 9.88. The number of fused-ring (bicyclic) bond motifs is 5. The smallest absolute Gasteiger partial charge is 0.0516 e. The minimum atomic E-state index is 0.587. The lowest BCUT2D eigenvalue weighted by Crippen LogP contribution is -2.47. The van der Waals surface area contributed by atoms with Gasteiger partial charge in [-0.3, -0.25) is 4.90 Å². The largest absolute Gasteiger partial charge is 0.357 e. The number of hydrogen-bond acceptors (Lipinski definition) is 2. The quantitative estimate of drug-likeness (QED) is 0.906. The molecule has 0 radical (unpaired) electrons. The number of hydrogen-bond donors (Lipinski definition) is 2. The van der Waals surface area contributed by atoms with Crippen molar-refractivity contribution in [2.75, 3.05) is 19.6 Å². The molecule has 3 heteroatoms. The SMILES string of the molecule is CCCNC1CCN2CCc3c([nH]c4ccccc34)[C@@H]2C1. The zero-order valence-electron chi connectivity index (χ0n) is 12.9. The highest BCUT2D eigenvalue weighted by molar-refractivity contribution is 5.85. The fourth-order valence-corrected chi connectivity index (χ4v) is 4.15. The van der Waals surface area contributed by atoms with E-state index in [-0.39, 0.29) is 0 Å². The Labute approximate surface area is 126 Å². The zero-order valence-corrected chi connectivity index (χ0v) is 12.9. The maximum atomic E-state index is 3.73. The summed E-state index contributed by atoms with van der Waals surface area (Å²) in [5, 5.41) is 5.17. The molecule has 0 spiro atoms. The second-order valence-corrected chi connectivity index (χ2v) is 6.54. The van der Waals surface area contributed by atoms with Gasteiger partial charge in [0.25, 0.3) is 0 Å². The van der Waals surface area contributed by atoms with Crippen LogP contribution in [-0.4, -0.2) is 35.6 Å². The van der Waals surface area contributed by atoms with Crippen molar-refractivity contribution in [3.05, 3.63) is 35.5 Å². The molecule has 1 unspecified atom stereocenters. The van der Waals surface area contributed by atoms with Gasteiger partial charge < -0.3 is 10.3 Å². The van der Waals surface area contributed by atoms with E-state index in [2.05, 4.69) is 46.4 Å². The van der Waals surface area contributed by atoms with E-state index in [0.717, 1.165) is 6.54 Å². The number of benzene rings is 1. The Bertz CT molecular complexity index is 630. The molecule has 2 N–H and O–H groups in total. The summed E-state index contributed by atoms with van der Waals surface area (Å²) in [5.74, 6) is 0. The molecule has 2 atom stereocenters. The van der Waals surface area contributed by atoms with Crippen LogP contribution in [0, 0.1) is 0 Å². The average molecular weight is 283 g/mol. The number of aromatic amines is 1. The topological polar surface area (TPSA) is 31.1 Å². The van der Waals surface area contributed by atoms with Crippen molar-refractivity contribution in [1.82, 2.24) is 15.2 Å². The van der Waals surface area contributed by atoms with E-state index in [1.807, 2.05) is 0 Å². The van der Waals surface area contributed by atoms with E-state index >= 15 is 0 Å². The molecule has 21 heavy (non-hydrogen) atoms. The van der Waals surface area contributed by atoms with Gasteiger partial charge in [0, 0.05) is 35.7 Å². The Morgan fingerprint density at radius 3 is 3.10 bits per heavy atom. The molecule has 3 nitrogen and oxygen atoms in total. The molecule has 0 amide bonds. The standard InChI is InChI=1S/C18H25N3/c1-2-9-19-13-7-10-21-11-8-15-14-5-3-4-6-16(14)20-18(15)17(21)12-13/h3-6,13,17,19-20H,2,7-12H2,1H3/t13?,17-/m0/s1. The molecule has 0 aliphatic carbocycles. The van der Waals surface area contributed by atoms with Crippen LogP contribution in [0.1, 0.15) is 43.5 Å². The summed E-state index contributed by atoms with van der Waals surface area (Å²) in [6, 6.07) is 10.1. The van der Waals surface area contributed by atoms with Crippen LogP contribution in [0.3, 0.4) is 0 Å². The van der Waals surface area contributed by atoms with Crippen molar-refractivity contribution in [3.63, 3.8) is 0 Å². The summed E-state index contributed by atoms with van der Waals surface area (Å²) >= 11 is 0. The lowest BCUT2D eigenvalue weighted by molar-refractivity contribution is 0.113. The van der Waals surface area contributed by atoms with Gasteiger partial charge >= 0.3 is 0 Å². The molecule has 4 rings (SSSR count). The number of piperidine rings is 1. The molecule has 2 aromatic rings. The molecular weight excluding hydrogens is 258 g/mol. The third kappa shape index (κ3) is 2.29. The maximum Gasteiger partial charge on any atom is 0.0516 e. The molecule has 1 fully saturated rings. The van der Waals surface area contributed by atoms with Crippen molar-refractivity contribution in [1.29, 1.82) is 0 Å². The highest BCUT2D eigenvalue weighted by Gasteiger charge is 2.35. The van der Waals surface area contributed by atoms with Crippen LogP contribution >= 0.6 is 0 Å². The predicted molar refractivity (Wildman–Crippen MR) is 87.6 cm³/mol. The molecular formula is C18H25N3. The van der Waals surface area contributed by atoms with Crippen LogP contribution in [-0.2, 0) is 6.42 Å². The Kier molecular flexibility index (Phi) is 3.48. The second-order valence-electron chi connectivity index (χ2n) is 6.54. The van der Waals surface area contributed by atoms with Crippen molar-refractivity contribution in [2.24, 2.45) is 0 Å². The molecule has 1 aromatic heterocycles. The normalized spacial score (nSPS) is 25.8. The minimum absolute atomic E-state index is 0.587. The zero-order chi connectivity index (χ0) is 14.2. The third-order valence-electron chi connectivity index (χ3n) is 5.23. The maximum absolute atomic E-state index is 3.73. The molecule has 1 aromatic carbocycles. The van der Waals surface area contributed by atoms with Crippen LogP contribution in [0.5, 0.6) is 0 Å². The molecule has 2 aliphatic heterocycles. The first-order valence-electron chi connectivity index (χ1n) is 8.43. The molecule has 0 bridgehead atoms. The van der Waals surface area contributed by atoms with Crippen molar-refractivity contribution in [2.45, 2.75) is 44.7 Å². The van der Waals surface area contributed by atoms with E-state index in [1.54, 1.807) is 5.56 Å². The van der Waals surface area contributed by atoms with E-state index in [9.17, 15) is 0 Å². The fourth-order valence-electron chi connectivity index (χ4n) is 4.15. The minimum Gasteiger partial charge on any atom is -0.357 e. The molecule has 112 valence electrons. The van der Waals surface area contributed by atoms with Crippen molar-refractivity contribution < 1.29 is 0 Å². The monoisotopic (exact) mass is 283 g/mol.